The van der Waals surface area contributed by atoms with E-state index in [1.54, 1.807) is 12.1 Å². The zero-order valence-electron chi connectivity index (χ0n) is 10.9. The third-order valence-electron chi connectivity index (χ3n) is 2.67. The number of alkyl halides is 3. The Morgan fingerprint density at radius 1 is 0.810 bits per heavy atom. The van der Waals surface area contributed by atoms with Crippen LogP contribution in [0.2, 0.25) is 0 Å². The van der Waals surface area contributed by atoms with Gasteiger partial charge in [-0.25, -0.2) is 0 Å². The van der Waals surface area contributed by atoms with Crippen LogP contribution in [0.4, 0.5) is 13.2 Å². The normalized spacial score (nSPS) is 11.2. The van der Waals surface area contributed by atoms with Crippen LogP contribution in [0.3, 0.4) is 0 Å². The highest BCUT2D eigenvalue weighted by Gasteiger charge is 2.30. The molecule has 1 N–H and O–H groups in total. The molecule has 0 spiro atoms. The molecule has 0 radical (unpaired) electrons. The lowest BCUT2D eigenvalue weighted by Gasteiger charge is -2.10. The summed E-state index contributed by atoms with van der Waals surface area (Å²) in [6.45, 7) is 0.257. The second-order valence-corrected chi connectivity index (χ2v) is 4.28. The van der Waals surface area contributed by atoms with Crippen LogP contribution in [-0.2, 0) is 13.2 Å². The first-order chi connectivity index (χ1) is 9.96. The fourth-order valence-corrected chi connectivity index (χ4v) is 1.65. The van der Waals surface area contributed by atoms with E-state index in [0.717, 1.165) is 11.1 Å². The van der Waals surface area contributed by atoms with Gasteiger partial charge in [0.15, 0.2) is 0 Å². The molecule has 112 valence electrons. The largest absolute Gasteiger partial charge is 0.573 e. The minimum absolute atomic E-state index is 0.0260. The number of ether oxygens (including phenoxy) is 2. The van der Waals surface area contributed by atoms with Gasteiger partial charge in [-0.15, -0.1) is 13.2 Å². The summed E-state index contributed by atoms with van der Waals surface area (Å²) in [5, 5.41) is 8.92. The van der Waals surface area contributed by atoms with Gasteiger partial charge in [-0.1, -0.05) is 24.3 Å². The van der Waals surface area contributed by atoms with Crippen molar-refractivity contribution in [3.63, 3.8) is 0 Å². The molecule has 0 aliphatic heterocycles. The van der Waals surface area contributed by atoms with E-state index in [1.807, 2.05) is 12.1 Å². The predicted molar refractivity (Wildman–Crippen MR) is 69.8 cm³/mol. The first-order valence-electron chi connectivity index (χ1n) is 6.13. The lowest BCUT2D eigenvalue weighted by molar-refractivity contribution is -0.274. The molecule has 0 heterocycles. The van der Waals surface area contributed by atoms with E-state index in [0.29, 0.717) is 5.75 Å². The van der Waals surface area contributed by atoms with Crippen molar-refractivity contribution in [1.82, 2.24) is 0 Å². The summed E-state index contributed by atoms with van der Waals surface area (Å²) in [7, 11) is 0. The monoisotopic (exact) mass is 298 g/mol. The summed E-state index contributed by atoms with van der Waals surface area (Å²) >= 11 is 0. The Balaban J connectivity index is 1.91. The molecule has 0 bridgehead atoms. The summed E-state index contributed by atoms with van der Waals surface area (Å²) < 4.78 is 45.2. The number of aliphatic hydroxyl groups is 1. The van der Waals surface area contributed by atoms with Crippen molar-refractivity contribution in [3.05, 3.63) is 59.7 Å². The van der Waals surface area contributed by atoms with Gasteiger partial charge in [0, 0.05) is 0 Å². The summed E-state index contributed by atoms with van der Waals surface area (Å²) in [4.78, 5) is 0. The highest BCUT2D eigenvalue weighted by molar-refractivity contribution is 5.31. The lowest BCUT2D eigenvalue weighted by Crippen LogP contribution is -2.16. The van der Waals surface area contributed by atoms with Gasteiger partial charge in [0.1, 0.15) is 18.1 Å². The van der Waals surface area contributed by atoms with Crippen molar-refractivity contribution in [1.29, 1.82) is 0 Å². The van der Waals surface area contributed by atoms with Gasteiger partial charge in [-0.05, 0) is 35.4 Å². The van der Waals surface area contributed by atoms with Crippen molar-refractivity contribution < 1.29 is 27.8 Å². The molecule has 3 nitrogen and oxygen atoms in total. The molecule has 0 fully saturated rings. The summed E-state index contributed by atoms with van der Waals surface area (Å²) in [6.07, 6.45) is -4.70. The predicted octanol–water partition coefficient (Wildman–Crippen LogP) is 3.66. The zero-order valence-corrected chi connectivity index (χ0v) is 10.9. The number of hydrogen-bond donors (Lipinski definition) is 1. The minimum atomic E-state index is -4.70. The van der Waals surface area contributed by atoms with Crippen LogP contribution >= 0.6 is 0 Å². The molecule has 0 amide bonds. The zero-order chi connectivity index (χ0) is 15.3. The molecule has 0 aromatic heterocycles. The van der Waals surface area contributed by atoms with E-state index in [4.69, 9.17) is 9.84 Å². The minimum Gasteiger partial charge on any atom is -0.489 e. The molecule has 0 aliphatic carbocycles. The van der Waals surface area contributed by atoms with Crippen LogP contribution in [0.1, 0.15) is 11.1 Å². The number of rotatable bonds is 5. The molecular weight excluding hydrogens is 285 g/mol. The topological polar surface area (TPSA) is 38.7 Å². The molecule has 2 aromatic rings. The Kier molecular flexibility index (Phi) is 4.70. The molecular formula is C15H13F3O3. The van der Waals surface area contributed by atoms with Gasteiger partial charge in [0.05, 0.1) is 6.61 Å². The van der Waals surface area contributed by atoms with Crippen molar-refractivity contribution >= 4 is 0 Å². The molecule has 2 aromatic carbocycles. The molecule has 0 saturated heterocycles. The summed E-state index contributed by atoms with van der Waals surface area (Å²) in [6, 6.07) is 12.4. The van der Waals surface area contributed by atoms with Gasteiger partial charge >= 0.3 is 6.36 Å². The third-order valence-corrected chi connectivity index (χ3v) is 2.67. The Hall–Kier alpha value is -2.21. The Morgan fingerprint density at radius 3 is 1.86 bits per heavy atom. The number of benzene rings is 2. The summed E-state index contributed by atoms with van der Waals surface area (Å²) in [5.74, 6) is 0.151. The van der Waals surface area contributed by atoms with E-state index in [1.165, 1.54) is 24.3 Å². The van der Waals surface area contributed by atoms with Crippen LogP contribution in [-0.4, -0.2) is 11.5 Å². The van der Waals surface area contributed by atoms with E-state index >= 15 is 0 Å². The molecule has 2 rings (SSSR count). The van der Waals surface area contributed by atoms with Gasteiger partial charge in [-0.2, -0.15) is 0 Å². The van der Waals surface area contributed by atoms with Crippen molar-refractivity contribution in [2.75, 3.05) is 0 Å². The van der Waals surface area contributed by atoms with E-state index in [2.05, 4.69) is 4.74 Å². The standard InChI is InChI=1S/C15H13F3O3/c16-15(17,18)21-14-7-5-13(6-8-14)20-10-12-3-1-11(9-19)2-4-12/h1-8,19H,9-10H2. The van der Waals surface area contributed by atoms with Crippen LogP contribution in [0, 0.1) is 0 Å². The number of hydrogen-bond acceptors (Lipinski definition) is 3. The maximum absolute atomic E-state index is 12.0. The van der Waals surface area contributed by atoms with Crippen LogP contribution in [0.15, 0.2) is 48.5 Å². The molecule has 0 atom stereocenters. The quantitative estimate of drug-likeness (QED) is 0.915. The molecule has 0 aliphatic rings. The van der Waals surface area contributed by atoms with Crippen LogP contribution in [0.25, 0.3) is 0 Å². The second kappa shape index (κ2) is 6.49. The molecule has 21 heavy (non-hydrogen) atoms. The third kappa shape index (κ3) is 5.00. The molecule has 0 unspecified atom stereocenters. The highest BCUT2D eigenvalue weighted by atomic mass is 19.4. The molecule has 0 saturated carbocycles. The average Bonchev–Trinajstić information content (AvgIpc) is 2.45. The van der Waals surface area contributed by atoms with Gasteiger partial charge in [0.2, 0.25) is 0 Å². The smallest absolute Gasteiger partial charge is 0.489 e. The van der Waals surface area contributed by atoms with E-state index in [-0.39, 0.29) is 19.0 Å². The summed E-state index contributed by atoms with van der Waals surface area (Å²) in [5.41, 5.74) is 1.69. The van der Waals surface area contributed by atoms with E-state index in [9.17, 15) is 13.2 Å². The van der Waals surface area contributed by atoms with Crippen molar-refractivity contribution in [3.8, 4) is 11.5 Å². The lowest BCUT2D eigenvalue weighted by atomic mass is 10.1. The van der Waals surface area contributed by atoms with Crippen LogP contribution in [0.5, 0.6) is 11.5 Å². The maximum atomic E-state index is 12.0. The van der Waals surface area contributed by atoms with Crippen molar-refractivity contribution in [2.45, 2.75) is 19.6 Å². The highest BCUT2D eigenvalue weighted by Crippen LogP contribution is 2.25. The van der Waals surface area contributed by atoms with E-state index < -0.39 is 6.36 Å². The van der Waals surface area contributed by atoms with Crippen LogP contribution < -0.4 is 9.47 Å². The fraction of sp³-hybridized carbons (Fsp3) is 0.200. The first-order valence-corrected chi connectivity index (χ1v) is 6.13. The molecule has 6 heteroatoms. The fourth-order valence-electron chi connectivity index (χ4n) is 1.65. The average molecular weight is 298 g/mol. The Bertz CT molecular complexity index is 562. The Morgan fingerprint density at radius 2 is 1.33 bits per heavy atom. The van der Waals surface area contributed by atoms with Gasteiger partial charge < -0.3 is 14.6 Å². The van der Waals surface area contributed by atoms with Crippen molar-refractivity contribution in [2.24, 2.45) is 0 Å². The Labute approximate surface area is 119 Å². The van der Waals surface area contributed by atoms with Gasteiger partial charge in [0.25, 0.3) is 0 Å². The first kappa shape index (κ1) is 15.2. The van der Waals surface area contributed by atoms with Gasteiger partial charge in [-0.3, -0.25) is 0 Å². The second-order valence-electron chi connectivity index (χ2n) is 4.28. The maximum Gasteiger partial charge on any atom is 0.573 e. The number of aliphatic hydroxyl groups excluding tert-OH is 1. The number of halogens is 3. The SMILES string of the molecule is OCc1ccc(COc2ccc(OC(F)(F)F)cc2)cc1.